The van der Waals surface area contributed by atoms with E-state index in [1.807, 2.05) is 6.07 Å². The zero-order valence-electron chi connectivity index (χ0n) is 8.87. The molecule has 0 spiro atoms. The number of nitrogens with zero attached hydrogens (tertiary/aromatic N) is 2. The quantitative estimate of drug-likeness (QED) is 0.872. The van der Waals surface area contributed by atoms with Crippen molar-refractivity contribution < 1.29 is 8.42 Å². The molecule has 4 nitrogen and oxygen atoms in total. The maximum Gasteiger partial charge on any atom is 0.275 e. The van der Waals surface area contributed by atoms with E-state index < -0.39 is 10.0 Å². The molecule has 0 bridgehead atoms. The number of hydrogen-bond acceptors (Lipinski definition) is 4. The van der Waals surface area contributed by atoms with Crippen molar-refractivity contribution in [2.75, 3.05) is 11.4 Å². The van der Waals surface area contributed by atoms with Crippen molar-refractivity contribution in [3.05, 3.63) is 41.0 Å². The van der Waals surface area contributed by atoms with Gasteiger partial charge in [0.2, 0.25) is 0 Å². The summed E-state index contributed by atoms with van der Waals surface area (Å²) in [4.78, 5) is 3.74. The third-order valence-electron chi connectivity index (χ3n) is 2.19. The van der Waals surface area contributed by atoms with Crippen LogP contribution >= 0.6 is 22.9 Å². The summed E-state index contributed by atoms with van der Waals surface area (Å²) in [7, 11) is -2.07. The number of thiazole rings is 1. The SMILES string of the molecule is CN(c1ccccc1)S(=O)(=O)c1cnc(Cl)s1. The van der Waals surface area contributed by atoms with Gasteiger partial charge < -0.3 is 0 Å². The smallest absolute Gasteiger partial charge is 0.269 e. The molecule has 0 unspecified atom stereocenters. The number of hydrogen-bond donors (Lipinski definition) is 0. The lowest BCUT2D eigenvalue weighted by Crippen LogP contribution is -2.25. The Hall–Kier alpha value is -1.11. The maximum absolute atomic E-state index is 12.2. The summed E-state index contributed by atoms with van der Waals surface area (Å²) >= 11 is 6.58. The summed E-state index contributed by atoms with van der Waals surface area (Å²) < 4.78 is 25.9. The number of benzene rings is 1. The van der Waals surface area contributed by atoms with Gasteiger partial charge in [-0.1, -0.05) is 41.1 Å². The van der Waals surface area contributed by atoms with Crippen LogP contribution in [-0.2, 0) is 10.0 Å². The molecule has 7 heteroatoms. The van der Waals surface area contributed by atoms with Crippen molar-refractivity contribution in [3.8, 4) is 0 Å². The van der Waals surface area contributed by atoms with Gasteiger partial charge in [-0.25, -0.2) is 13.4 Å². The van der Waals surface area contributed by atoms with Gasteiger partial charge in [0.05, 0.1) is 11.9 Å². The Balaban J connectivity index is 2.40. The standard InChI is InChI=1S/C10H9ClN2O2S2/c1-13(8-5-3-2-4-6-8)17(14,15)9-7-12-10(11)16-9/h2-7H,1H3. The molecule has 0 N–H and O–H groups in total. The van der Waals surface area contributed by atoms with E-state index in [-0.39, 0.29) is 8.68 Å². The van der Waals surface area contributed by atoms with Crippen LogP contribution < -0.4 is 4.31 Å². The molecule has 2 aromatic rings. The van der Waals surface area contributed by atoms with E-state index in [0.717, 1.165) is 11.3 Å². The third-order valence-corrected chi connectivity index (χ3v) is 5.53. The van der Waals surface area contributed by atoms with E-state index in [0.29, 0.717) is 5.69 Å². The molecule has 2 rings (SSSR count). The lowest BCUT2D eigenvalue weighted by atomic mass is 10.3. The molecule has 0 atom stereocenters. The first-order valence-electron chi connectivity index (χ1n) is 4.67. The average molecular weight is 289 g/mol. The lowest BCUT2D eigenvalue weighted by Gasteiger charge is -2.17. The molecule has 0 fully saturated rings. The van der Waals surface area contributed by atoms with Gasteiger partial charge >= 0.3 is 0 Å². The van der Waals surface area contributed by atoms with Gasteiger partial charge in [0, 0.05) is 7.05 Å². The molecule has 0 aliphatic carbocycles. The fourth-order valence-electron chi connectivity index (χ4n) is 1.27. The summed E-state index contributed by atoms with van der Waals surface area (Å²) in [6, 6.07) is 8.83. The molecule has 0 amide bonds. The molecular formula is C10H9ClN2O2S2. The Labute approximate surface area is 109 Å². The molecule has 0 saturated carbocycles. The molecule has 0 aliphatic rings. The lowest BCUT2D eigenvalue weighted by molar-refractivity contribution is 0.596. The summed E-state index contributed by atoms with van der Waals surface area (Å²) in [6.45, 7) is 0. The predicted molar refractivity (Wildman–Crippen MR) is 69.2 cm³/mol. The Morgan fingerprint density at radius 3 is 2.47 bits per heavy atom. The minimum atomic E-state index is -3.57. The second-order valence-corrected chi connectivity index (χ2v) is 7.05. The molecule has 0 aliphatic heterocycles. The largest absolute Gasteiger partial charge is 0.275 e. The van der Waals surface area contributed by atoms with Crippen LogP contribution in [0.2, 0.25) is 4.47 Å². The van der Waals surface area contributed by atoms with E-state index >= 15 is 0 Å². The molecule has 17 heavy (non-hydrogen) atoms. The Bertz CT molecular complexity index is 610. The zero-order valence-corrected chi connectivity index (χ0v) is 11.3. The summed E-state index contributed by atoms with van der Waals surface area (Å²) in [6.07, 6.45) is 1.27. The van der Waals surface area contributed by atoms with Crippen molar-refractivity contribution in [1.82, 2.24) is 4.98 Å². The van der Waals surface area contributed by atoms with Gasteiger partial charge in [-0.05, 0) is 12.1 Å². The third kappa shape index (κ3) is 2.43. The highest BCUT2D eigenvalue weighted by Crippen LogP contribution is 2.27. The van der Waals surface area contributed by atoms with Crippen LogP contribution in [0, 0.1) is 0 Å². The Kier molecular flexibility index (Phi) is 3.37. The maximum atomic E-state index is 12.2. The Morgan fingerprint density at radius 2 is 1.94 bits per heavy atom. The van der Waals surface area contributed by atoms with Crippen LogP contribution in [0.5, 0.6) is 0 Å². The summed E-state index contributed by atoms with van der Waals surface area (Å²) in [5.41, 5.74) is 0.594. The second kappa shape index (κ2) is 4.64. The van der Waals surface area contributed by atoms with Crippen LogP contribution in [0.3, 0.4) is 0 Å². The minimum absolute atomic E-state index is 0.133. The van der Waals surface area contributed by atoms with Crippen LogP contribution in [0.1, 0.15) is 0 Å². The first-order valence-corrected chi connectivity index (χ1v) is 7.30. The van der Waals surface area contributed by atoms with Crippen molar-refractivity contribution in [1.29, 1.82) is 0 Å². The van der Waals surface area contributed by atoms with Gasteiger partial charge in [0.1, 0.15) is 0 Å². The van der Waals surface area contributed by atoms with Crippen molar-refractivity contribution in [3.63, 3.8) is 0 Å². The zero-order chi connectivity index (χ0) is 12.5. The Morgan fingerprint density at radius 1 is 1.29 bits per heavy atom. The molecular weight excluding hydrogens is 280 g/mol. The topological polar surface area (TPSA) is 50.3 Å². The minimum Gasteiger partial charge on any atom is -0.269 e. The molecule has 90 valence electrons. The van der Waals surface area contributed by atoms with Crippen LogP contribution in [0.25, 0.3) is 0 Å². The fourth-order valence-corrected chi connectivity index (χ4v) is 3.93. The van der Waals surface area contributed by atoms with E-state index in [2.05, 4.69) is 4.98 Å². The fraction of sp³-hybridized carbons (Fsp3) is 0.100. The van der Waals surface area contributed by atoms with Gasteiger partial charge in [-0.15, -0.1) is 0 Å². The van der Waals surface area contributed by atoms with Crippen LogP contribution in [-0.4, -0.2) is 20.4 Å². The molecule has 1 aromatic carbocycles. The van der Waals surface area contributed by atoms with Crippen LogP contribution in [0.4, 0.5) is 5.69 Å². The molecule has 1 heterocycles. The number of rotatable bonds is 3. The van der Waals surface area contributed by atoms with Crippen molar-refractivity contribution in [2.24, 2.45) is 0 Å². The first-order chi connectivity index (χ1) is 8.01. The highest BCUT2D eigenvalue weighted by molar-refractivity contribution is 7.94. The number of aromatic nitrogens is 1. The summed E-state index contributed by atoms with van der Waals surface area (Å²) in [5.74, 6) is 0. The van der Waals surface area contributed by atoms with Gasteiger partial charge in [-0.3, -0.25) is 4.31 Å². The summed E-state index contributed by atoms with van der Waals surface area (Å²) in [5, 5.41) is 0. The molecule has 0 radical (unpaired) electrons. The van der Waals surface area contributed by atoms with Gasteiger partial charge in [0.25, 0.3) is 10.0 Å². The van der Waals surface area contributed by atoms with Crippen LogP contribution in [0.15, 0.2) is 40.7 Å². The first kappa shape index (κ1) is 12.3. The number of sulfonamides is 1. The highest BCUT2D eigenvalue weighted by atomic mass is 35.5. The molecule has 0 saturated heterocycles. The van der Waals surface area contributed by atoms with Gasteiger partial charge in [-0.2, -0.15) is 0 Å². The van der Waals surface area contributed by atoms with Gasteiger partial charge in [0.15, 0.2) is 8.68 Å². The number of halogens is 1. The normalized spacial score (nSPS) is 11.4. The number of para-hydroxylation sites is 1. The molecule has 1 aromatic heterocycles. The average Bonchev–Trinajstić information content (AvgIpc) is 2.77. The van der Waals surface area contributed by atoms with Crippen molar-refractivity contribution >= 4 is 38.6 Å². The highest BCUT2D eigenvalue weighted by Gasteiger charge is 2.23. The van der Waals surface area contributed by atoms with E-state index in [9.17, 15) is 8.42 Å². The van der Waals surface area contributed by atoms with E-state index in [1.165, 1.54) is 17.5 Å². The number of anilines is 1. The second-order valence-electron chi connectivity index (χ2n) is 3.24. The van der Waals surface area contributed by atoms with E-state index in [4.69, 9.17) is 11.6 Å². The van der Waals surface area contributed by atoms with E-state index in [1.54, 1.807) is 24.3 Å². The monoisotopic (exact) mass is 288 g/mol. The van der Waals surface area contributed by atoms with Crippen molar-refractivity contribution in [2.45, 2.75) is 4.21 Å². The predicted octanol–water partition coefficient (Wildman–Crippen LogP) is 2.62.